The predicted octanol–water partition coefficient (Wildman–Crippen LogP) is 1.29. The van der Waals surface area contributed by atoms with Crippen molar-refractivity contribution in [1.29, 1.82) is 0 Å². The van der Waals surface area contributed by atoms with Gasteiger partial charge in [0.2, 0.25) is 0 Å². The van der Waals surface area contributed by atoms with Crippen molar-refractivity contribution in [2.45, 2.75) is 23.7 Å². The molecule has 0 saturated carbocycles. The van der Waals surface area contributed by atoms with Crippen LogP contribution in [0.15, 0.2) is 32.0 Å². The highest BCUT2D eigenvalue weighted by atomic mass is 79.9. The first-order valence-electron chi connectivity index (χ1n) is 4.51. The smallest absolute Gasteiger partial charge is 0.270 e. The largest absolute Gasteiger partial charge is 0.343 e. The second-order valence-electron chi connectivity index (χ2n) is 2.84. The zero-order chi connectivity index (χ0) is 11.5. The van der Waals surface area contributed by atoms with E-state index in [2.05, 4.69) is 36.1 Å². The summed E-state index contributed by atoms with van der Waals surface area (Å²) in [6.45, 7) is 2.46. The van der Waals surface area contributed by atoms with Gasteiger partial charge in [-0.05, 0) is 34.6 Å². The number of hydrogen-bond donors (Lipinski definition) is 1. The van der Waals surface area contributed by atoms with Crippen LogP contribution >= 0.6 is 27.7 Å². The monoisotopic (exact) mass is 301 g/mol. The quantitative estimate of drug-likeness (QED) is 0.865. The molecule has 2 heterocycles. The van der Waals surface area contributed by atoms with Crippen LogP contribution in [0.5, 0.6) is 0 Å². The minimum atomic E-state index is -0.210. The van der Waals surface area contributed by atoms with Crippen molar-refractivity contribution in [1.82, 2.24) is 24.7 Å². The number of hydrogen-bond acceptors (Lipinski definition) is 5. The Hall–Kier alpha value is -1.15. The molecule has 16 heavy (non-hydrogen) atoms. The molecule has 1 N–H and O–H groups in total. The van der Waals surface area contributed by atoms with Gasteiger partial charge in [0.15, 0.2) is 5.16 Å². The first-order valence-corrected chi connectivity index (χ1v) is 6.12. The van der Waals surface area contributed by atoms with Crippen LogP contribution in [0.25, 0.3) is 0 Å². The highest BCUT2D eigenvalue weighted by Gasteiger charge is 2.09. The van der Waals surface area contributed by atoms with E-state index in [0.717, 1.165) is 5.03 Å². The maximum Gasteiger partial charge on any atom is 0.343 e. The van der Waals surface area contributed by atoms with Crippen molar-refractivity contribution in [2.24, 2.45) is 0 Å². The van der Waals surface area contributed by atoms with Gasteiger partial charge in [0.05, 0.1) is 0 Å². The number of H-pyrrole nitrogens is 1. The van der Waals surface area contributed by atoms with E-state index in [1.807, 2.05) is 6.92 Å². The predicted molar refractivity (Wildman–Crippen MR) is 62.4 cm³/mol. The van der Waals surface area contributed by atoms with Crippen LogP contribution in [0.2, 0.25) is 0 Å². The van der Waals surface area contributed by atoms with E-state index in [9.17, 15) is 4.79 Å². The summed E-state index contributed by atoms with van der Waals surface area (Å²) in [5, 5.41) is 7.66. The molecular formula is C8H8BrN5OS. The Labute approximate surface area is 104 Å². The van der Waals surface area contributed by atoms with Crippen molar-refractivity contribution >= 4 is 27.7 Å². The Morgan fingerprint density at radius 3 is 3.06 bits per heavy atom. The standard InChI is InChI=1S/C8H8BrN5OS/c1-2-14-7(15)12-13-8(14)16-6-3-5(9)10-4-11-6/h3-4H,2H2,1H3,(H,12,15). The minimum absolute atomic E-state index is 0.210. The van der Waals surface area contributed by atoms with E-state index in [-0.39, 0.29) is 5.69 Å². The van der Waals surface area contributed by atoms with Gasteiger partial charge in [0.25, 0.3) is 0 Å². The molecule has 0 aliphatic carbocycles. The molecule has 2 aromatic rings. The van der Waals surface area contributed by atoms with E-state index >= 15 is 0 Å². The van der Waals surface area contributed by atoms with E-state index < -0.39 is 0 Å². The lowest BCUT2D eigenvalue weighted by Crippen LogP contribution is -2.16. The first kappa shape index (κ1) is 11.3. The van der Waals surface area contributed by atoms with Crippen LogP contribution in [0, 0.1) is 0 Å². The van der Waals surface area contributed by atoms with Crippen LogP contribution in [-0.4, -0.2) is 24.7 Å². The molecule has 0 aromatic carbocycles. The summed E-state index contributed by atoms with van der Waals surface area (Å²) in [6, 6.07) is 1.77. The molecule has 0 fully saturated rings. The second-order valence-corrected chi connectivity index (χ2v) is 4.64. The minimum Gasteiger partial charge on any atom is -0.270 e. The van der Waals surface area contributed by atoms with Crippen LogP contribution in [0.3, 0.4) is 0 Å². The molecule has 0 amide bonds. The fourth-order valence-corrected chi connectivity index (χ4v) is 2.46. The lowest BCUT2D eigenvalue weighted by atomic mass is 10.7. The first-order chi connectivity index (χ1) is 7.70. The molecule has 0 spiro atoms. The molecule has 0 saturated heterocycles. The summed E-state index contributed by atoms with van der Waals surface area (Å²) < 4.78 is 2.24. The maximum atomic E-state index is 11.3. The highest BCUT2D eigenvalue weighted by Crippen LogP contribution is 2.23. The molecule has 2 aromatic heterocycles. The van der Waals surface area contributed by atoms with Crippen molar-refractivity contribution in [3.8, 4) is 0 Å². The Kier molecular flexibility index (Phi) is 3.39. The van der Waals surface area contributed by atoms with Crippen LogP contribution < -0.4 is 5.69 Å². The van der Waals surface area contributed by atoms with E-state index in [1.54, 1.807) is 10.6 Å². The molecular weight excluding hydrogens is 294 g/mol. The SMILES string of the molecule is CCn1c(Sc2cc(Br)ncn2)n[nH]c1=O. The Morgan fingerprint density at radius 2 is 2.38 bits per heavy atom. The number of rotatable bonds is 3. The van der Waals surface area contributed by atoms with Gasteiger partial charge in [0, 0.05) is 12.6 Å². The van der Waals surface area contributed by atoms with E-state index in [1.165, 1.54) is 18.1 Å². The molecule has 6 nitrogen and oxygen atoms in total. The number of nitrogens with zero attached hydrogens (tertiary/aromatic N) is 4. The van der Waals surface area contributed by atoms with Gasteiger partial charge in [-0.2, -0.15) is 0 Å². The molecule has 84 valence electrons. The lowest BCUT2D eigenvalue weighted by Gasteiger charge is -2.00. The molecule has 0 bridgehead atoms. The third-order valence-electron chi connectivity index (χ3n) is 1.84. The van der Waals surface area contributed by atoms with Gasteiger partial charge in [-0.15, -0.1) is 5.10 Å². The Bertz CT molecular complexity index is 551. The molecule has 0 radical (unpaired) electrons. The van der Waals surface area contributed by atoms with Gasteiger partial charge >= 0.3 is 5.69 Å². The van der Waals surface area contributed by atoms with Crippen molar-refractivity contribution < 1.29 is 0 Å². The average molecular weight is 302 g/mol. The summed E-state index contributed by atoms with van der Waals surface area (Å²) in [7, 11) is 0. The van der Waals surface area contributed by atoms with Gasteiger partial charge in [-0.1, -0.05) is 0 Å². The zero-order valence-electron chi connectivity index (χ0n) is 8.35. The van der Waals surface area contributed by atoms with Crippen LogP contribution in [-0.2, 0) is 6.54 Å². The number of aromatic amines is 1. The Balaban J connectivity index is 2.30. The summed E-state index contributed by atoms with van der Waals surface area (Å²) in [5.41, 5.74) is -0.210. The van der Waals surface area contributed by atoms with E-state index in [4.69, 9.17) is 0 Å². The van der Waals surface area contributed by atoms with Gasteiger partial charge in [-0.3, -0.25) is 4.57 Å². The molecule has 2 rings (SSSR count). The summed E-state index contributed by atoms with van der Waals surface area (Å²) in [4.78, 5) is 19.3. The van der Waals surface area contributed by atoms with Gasteiger partial charge in [-0.25, -0.2) is 19.9 Å². The van der Waals surface area contributed by atoms with Crippen LogP contribution in [0.4, 0.5) is 0 Å². The molecule has 0 aliphatic heterocycles. The van der Waals surface area contributed by atoms with E-state index in [0.29, 0.717) is 16.3 Å². The summed E-state index contributed by atoms with van der Waals surface area (Å²) in [6.07, 6.45) is 1.45. The van der Waals surface area contributed by atoms with Gasteiger partial charge < -0.3 is 0 Å². The number of halogens is 1. The van der Waals surface area contributed by atoms with Crippen molar-refractivity contribution in [3.63, 3.8) is 0 Å². The third kappa shape index (κ3) is 2.33. The zero-order valence-corrected chi connectivity index (χ0v) is 10.7. The number of aromatic nitrogens is 5. The molecule has 0 unspecified atom stereocenters. The molecule has 0 atom stereocenters. The lowest BCUT2D eigenvalue weighted by molar-refractivity contribution is 0.660. The van der Waals surface area contributed by atoms with Crippen molar-refractivity contribution in [2.75, 3.05) is 0 Å². The molecule has 0 aliphatic rings. The van der Waals surface area contributed by atoms with Gasteiger partial charge in [0.1, 0.15) is 16.0 Å². The topological polar surface area (TPSA) is 76.5 Å². The van der Waals surface area contributed by atoms with Crippen molar-refractivity contribution in [3.05, 3.63) is 27.5 Å². The Morgan fingerprint density at radius 1 is 1.56 bits per heavy atom. The summed E-state index contributed by atoms with van der Waals surface area (Å²) >= 11 is 4.57. The highest BCUT2D eigenvalue weighted by molar-refractivity contribution is 9.10. The van der Waals surface area contributed by atoms with Crippen LogP contribution in [0.1, 0.15) is 6.92 Å². The fraction of sp³-hybridized carbons (Fsp3) is 0.250. The average Bonchev–Trinajstić information content (AvgIpc) is 2.59. The summed E-state index contributed by atoms with van der Waals surface area (Å²) in [5.74, 6) is 0. The normalized spacial score (nSPS) is 10.6. The fourth-order valence-electron chi connectivity index (χ4n) is 1.13. The number of nitrogens with one attached hydrogen (secondary N) is 1. The second kappa shape index (κ2) is 4.79. The third-order valence-corrected chi connectivity index (χ3v) is 3.20. The molecule has 8 heteroatoms. The maximum absolute atomic E-state index is 11.3.